The van der Waals surface area contributed by atoms with E-state index >= 15 is 0 Å². The molecule has 0 radical (unpaired) electrons. The van der Waals surface area contributed by atoms with Crippen molar-refractivity contribution in [3.05, 3.63) is 70.6 Å². The second-order valence-electron chi connectivity index (χ2n) is 8.21. The average molecular weight is 439 g/mol. The summed E-state index contributed by atoms with van der Waals surface area (Å²) in [5.41, 5.74) is 2.93. The molecule has 5 rings (SSSR count). The highest BCUT2D eigenvalue weighted by atomic mass is 35.5. The van der Waals surface area contributed by atoms with E-state index in [0.29, 0.717) is 23.6 Å². The molecule has 1 N–H and O–H groups in total. The van der Waals surface area contributed by atoms with Crippen LogP contribution in [-0.4, -0.2) is 33.5 Å². The Balaban J connectivity index is 1.21. The number of carboxylic acids is 1. The zero-order chi connectivity index (χ0) is 21.4. The third-order valence-electron chi connectivity index (χ3n) is 6.16. The van der Waals surface area contributed by atoms with Crippen LogP contribution < -0.4 is 4.74 Å². The molecule has 0 unspecified atom stereocenters. The van der Waals surface area contributed by atoms with Gasteiger partial charge in [-0.25, -0.2) is 4.98 Å². The van der Waals surface area contributed by atoms with Crippen molar-refractivity contribution in [2.24, 2.45) is 5.92 Å². The lowest BCUT2D eigenvalue weighted by Crippen LogP contribution is -2.48. The molecule has 1 aromatic heterocycles. The first-order valence-electron chi connectivity index (χ1n) is 10.5. The lowest BCUT2D eigenvalue weighted by atomic mass is 9.79. The van der Waals surface area contributed by atoms with E-state index in [1.165, 1.54) is 0 Å². The van der Waals surface area contributed by atoms with Crippen molar-refractivity contribution >= 4 is 17.6 Å². The standard InChI is InChI=1S/C24H23ClN2O4/c25-18-5-1-15(2-6-18)14-30-20-7-3-16(4-8-20)23-26-21-13-27(10-9-22(21)31-23)19-11-17(12-19)24(28)29/h1-8,17,19H,9-14H2,(H,28,29)/t17-,19+. The fourth-order valence-corrected chi connectivity index (χ4v) is 4.31. The SMILES string of the molecule is O=C(O)[C@H]1C[C@@H](N2CCc3oc(-c4ccc(OCc5ccc(Cl)cc5)cc4)nc3C2)C1. The number of benzene rings is 2. The van der Waals surface area contributed by atoms with E-state index in [9.17, 15) is 4.79 Å². The summed E-state index contributed by atoms with van der Waals surface area (Å²) in [7, 11) is 0. The molecule has 160 valence electrons. The zero-order valence-corrected chi connectivity index (χ0v) is 17.7. The molecule has 0 saturated heterocycles. The number of hydrogen-bond donors (Lipinski definition) is 1. The monoisotopic (exact) mass is 438 g/mol. The predicted octanol–water partition coefficient (Wildman–Crippen LogP) is 4.80. The molecule has 1 aliphatic carbocycles. The Labute approximate surface area is 185 Å². The summed E-state index contributed by atoms with van der Waals surface area (Å²) in [4.78, 5) is 18.1. The van der Waals surface area contributed by atoms with Crippen LogP contribution >= 0.6 is 11.6 Å². The van der Waals surface area contributed by atoms with Gasteiger partial charge in [0.25, 0.3) is 0 Å². The fourth-order valence-electron chi connectivity index (χ4n) is 4.18. The molecule has 0 bridgehead atoms. The number of oxazole rings is 1. The Kier molecular flexibility index (Phi) is 5.42. The number of ether oxygens (including phenoxy) is 1. The number of hydrogen-bond acceptors (Lipinski definition) is 5. The van der Waals surface area contributed by atoms with E-state index in [1.807, 2.05) is 48.5 Å². The molecule has 3 aromatic rings. The predicted molar refractivity (Wildman–Crippen MR) is 116 cm³/mol. The minimum atomic E-state index is -0.682. The number of fused-ring (bicyclic) bond motifs is 1. The van der Waals surface area contributed by atoms with Crippen molar-refractivity contribution in [3.8, 4) is 17.2 Å². The quantitative estimate of drug-likeness (QED) is 0.596. The second kappa shape index (κ2) is 8.36. The van der Waals surface area contributed by atoms with Crippen molar-refractivity contribution in [2.45, 2.75) is 38.5 Å². The molecule has 0 atom stereocenters. The number of carboxylic acid groups (broad SMARTS) is 1. The minimum absolute atomic E-state index is 0.195. The normalized spacial score (nSPS) is 20.7. The van der Waals surface area contributed by atoms with Crippen LogP contribution in [0.25, 0.3) is 11.5 Å². The molecule has 7 heteroatoms. The summed E-state index contributed by atoms with van der Waals surface area (Å²) < 4.78 is 11.9. The summed E-state index contributed by atoms with van der Waals surface area (Å²) in [6.45, 7) is 2.08. The lowest BCUT2D eigenvalue weighted by molar-refractivity contribution is -0.147. The van der Waals surface area contributed by atoms with Gasteiger partial charge >= 0.3 is 5.97 Å². The molecule has 6 nitrogen and oxygen atoms in total. The maximum atomic E-state index is 11.1. The van der Waals surface area contributed by atoms with Crippen LogP contribution in [0.3, 0.4) is 0 Å². The van der Waals surface area contributed by atoms with Gasteiger partial charge in [0.05, 0.1) is 11.6 Å². The fraction of sp³-hybridized carbons (Fsp3) is 0.333. The zero-order valence-electron chi connectivity index (χ0n) is 17.0. The van der Waals surface area contributed by atoms with Crippen LogP contribution in [0.1, 0.15) is 29.9 Å². The number of aliphatic carboxylic acids is 1. The van der Waals surface area contributed by atoms with Gasteiger partial charge in [0.15, 0.2) is 0 Å². The van der Waals surface area contributed by atoms with E-state index in [-0.39, 0.29) is 5.92 Å². The van der Waals surface area contributed by atoms with Gasteiger partial charge in [0.1, 0.15) is 18.1 Å². The highest BCUT2D eigenvalue weighted by Gasteiger charge is 2.39. The van der Waals surface area contributed by atoms with Gasteiger partial charge in [0, 0.05) is 36.1 Å². The smallest absolute Gasteiger partial charge is 0.306 e. The van der Waals surface area contributed by atoms with Gasteiger partial charge in [-0.05, 0) is 54.8 Å². The van der Waals surface area contributed by atoms with Crippen molar-refractivity contribution in [1.82, 2.24) is 9.88 Å². The first kappa shape index (κ1) is 20.1. The van der Waals surface area contributed by atoms with Gasteiger partial charge in [-0.3, -0.25) is 9.69 Å². The van der Waals surface area contributed by atoms with Gasteiger partial charge in [-0.2, -0.15) is 0 Å². The Hall–Kier alpha value is -2.83. The van der Waals surface area contributed by atoms with Gasteiger partial charge in [-0.15, -0.1) is 0 Å². The molecular weight excluding hydrogens is 416 g/mol. The maximum absolute atomic E-state index is 11.1. The van der Waals surface area contributed by atoms with E-state index in [4.69, 9.17) is 30.8 Å². The highest BCUT2D eigenvalue weighted by molar-refractivity contribution is 6.30. The minimum Gasteiger partial charge on any atom is -0.489 e. The van der Waals surface area contributed by atoms with Crippen molar-refractivity contribution < 1.29 is 19.1 Å². The number of halogens is 1. The van der Waals surface area contributed by atoms with Crippen molar-refractivity contribution in [3.63, 3.8) is 0 Å². The molecule has 31 heavy (non-hydrogen) atoms. The molecule has 0 spiro atoms. The highest BCUT2D eigenvalue weighted by Crippen LogP contribution is 2.35. The topological polar surface area (TPSA) is 75.8 Å². The largest absolute Gasteiger partial charge is 0.489 e. The van der Waals surface area contributed by atoms with Crippen LogP contribution in [-0.2, 0) is 24.4 Å². The van der Waals surface area contributed by atoms with Crippen LogP contribution in [0.15, 0.2) is 52.9 Å². The summed E-state index contributed by atoms with van der Waals surface area (Å²) >= 11 is 5.91. The number of rotatable bonds is 6. The number of aromatic nitrogens is 1. The first-order valence-corrected chi connectivity index (χ1v) is 10.9. The Morgan fingerprint density at radius 2 is 1.90 bits per heavy atom. The molecule has 1 aliphatic heterocycles. The van der Waals surface area contributed by atoms with Crippen molar-refractivity contribution in [2.75, 3.05) is 6.54 Å². The lowest BCUT2D eigenvalue weighted by Gasteiger charge is -2.42. The van der Waals surface area contributed by atoms with E-state index in [0.717, 1.165) is 60.7 Å². The van der Waals surface area contributed by atoms with Gasteiger partial charge in [-0.1, -0.05) is 23.7 Å². The molecule has 2 aromatic carbocycles. The Morgan fingerprint density at radius 1 is 1.16 bits per heavy atom. The summed E-state index contributed by atoms with van der Waals surface area (Å²) in [6.07, 6.45) is 2.26. The van der Waals surface area contributed by atoms with Crippen LogP contribution in [0.2, 0.25) is 5.02 Å². The van der Waals surface area contributed by atoms with Crippen LogP contribution in [0.5, 0.6) is 5.75 Å². The molecule has 1 saturated carbocycles. The third kappa shape index (κ3) is 4.31. The van der Waals surface area contributed by atoms with E-state index in [1.54, 1.807) is 0 Å². The van der Waals surface area contributed by atoms with Gasteiger partial charge in [0.2, 0.25) is 5.89 Å². The molecule has 2 heterocycles. The molecular formula is C24H23ClN2O4. The van der Waals surface area contributed by atoms with Crippen molar-refractivity contribution in [1.29, 1.82) is 0 Å². The van der Waals surface area contributed by atoms with Gasteiger partial charge < -0.3 is 14.3 Å². The maximum Gasteiger partial charge on any atom is 0.306 e. The van der Waals surface area contributed by atoms with Crippen LogP contribution in [0.4, 0.5) is 0 Å². The Morgan fingerprint density at radius 3 is 2.61 bits per heavy atom. The summed E-state index contributed by atoms with van der Waals surface area (Å²) in [6, 6.07) is 15.7. The van der Waals surface area contributed by atoms with Crippen LogP contribution in [0, 0.1) is 5.92 Å². The average Bonchev–Trinajstić information content (AvgIpc) is 3.16. The number of carbonyl (C=O) groups is 1. The first-order chi connectivity index (χ1) is 15.0. The second-order valence-corrected chi connectivity index (χ2v) is 8.65. The van der Waals surface area contributed by atoms with E-state index in [2.05, 4.69) is 4.90 Å². The molecule has 0 amide bonds. The molecule has 1 fully saturated rings. The summed E-state index contributed by atoms with van der Waals surface area (Å²) in [5, 5.41) is 9.81. The summed E-state index contributed by atoms with van der Waals surface area (Å²) in [5.74, 6) is 1.45. The molecule has 2 aliphatic rings. The Bertz CT molecular complexity index is 1070. The van der Waals surface area contributed by atoms with E-state index < -0.39 is 5.97 Å². The number of nitrogens with zero attached hydrogens (tertiary/aromatic N) is 2. The third-order valence-corrected chi connectivity index (χ3v) is 6.41.